The first-order valence-corrected chi connectivity index (χ1v) is 6.04. The van der Waals surface area contributed by atoms with Crippen molar-refractivity contribution < 1.29 is 9.32 Å². The van der Waals surface area contributed by atoms with Crippen LogP contribution >= 0.6 is 0 Å². The monoisotopic (exact) mass is 260 g/mol. The van der Waals surface area contributed by atoms with Gasteiger partial charge in [0.1, 0.15) is 0 Å². The molecular formula is C13H16N4O2. The minimum atomic E-state index is -0.0703. The van der Waals surface area contributed by atoms with Gasteiger partial charge in [0.2, 0.25) is 11.8 Å². The van der Waals surface area contributed by atoms with Crippen LogP contribution in [0.3, 0.4) is 0 Å². The van der Waals surface area contributed by atoms with Gasteiger partial charge in [-0.05, 0) is 25.0 Å². The molecule has 0 radical (unpaired) electrons. The Morgan fingerprint density at radius 1 is 1.42 bits per heavy atom. The van der Waals surface area contributed by atoms with Crippen molar-refractivity contribution in [3.05, 3.63) is 41.5 Å². The Balaban J connectivity index is 1.77. The standard InChI is InChI=1S/C13H16N4O2/c1-9-16-13(19-17-9)8-15-12(18)7-6-10-4-2-3-5-11(10)14/h2-5H,6-8,14H2,1H3,(H,15,18). The first kappa shape index (κ1) is 13.1. The maximum atomic E-state index is 11.7. The Hall–Kier alpha value is -2.37. The molecule has 1 aromatic heterocycles. The molecule has 2 rings (SSSR count). The summed E-state index contributed by atoms with van der Waals surface area (Å²) < 4.78 is 4.90. The van der Waals surface area contributed by atoms with Crippen molar-refractivity contribution in [2.24, 2.45) is 0 Å². The van der Waals surface area contributed by atoms with Gasteiger partial charge in [-0.15, -0.1) is 0 Å². The summed E-state index contributed by atoms with van der Waals surface area (Å²) in [4.78, 5) is 15.7. The second-order valence-electron chi connectivity index (χ2n) is 4.21. The Morgan fingerprint density at radius 3 is 2.89 bits per heavy atom. The first-order valence-electron chi connectivity index (χ1n) is 6.04. The molecule has 0 aliphatic heterocycles. The zero-order chi connectivity index (χ0) is 13.7. The van der Waals surface area contributed by atoms with Crippen LogP contribution in [0.2, 0.25) is 0 Å². The molecule has 0 unspecified atom stereocenters. The van der Waals surface area contributed by atoms with Gasteiger partial charge in [0.05, 0.1) is 6.54 Å². The third-order valence-electron chi connectivity index (χ3n) is 2.68. The number of carbonyl (C=O) groups excluding carboxylic acids is 1. The lowest BCUT2D eigenvalue weighted by Crippen LogP contribution is -2.23. The highest BCUT2D eigenvalue weighted by Gasteiger charge is 2.07. The van der Waals surface area contributed by atoms with Crippen LogP contribution in [-0.2, 0) is 17.8 Å². The molecule has 0 spiro atoms. The number of anilines is 1. The summed E-state index contributed by atoms with van der Waals surface area (Å²) in [5.41, 5.74) is 7.50. The molecule has 1 aromatic carbocycles. The zero-order valence-electron chi connectivity index (χ0n) is 10.7. The Labute approximate surface area is 111 Å². The van der Waals surface area contributed by atoms with Crippen LogP contribution in [0.25, 0.3) is 0 Å². The number of rotatable bonds is 5. The van der Waals surface area contributed by atoms with E-state index in [9.17, 15) is 4.79 Å². The van der Waals surface area contributed by atoms with Gasteiger partial charge in [-0.1, -0.05) is 23.4 Å². The van der Waals surface area contributed by atoms with E-state index < -0.39 is 0 Å². The summed E-state index contributed by atoms with van der Waals surface area (Å²) >= 11 is 0. The molecule has 0 fully saturated rings. The predicted octanol–water partition coefficient (Wildman–Crippen LogP) is 1.21. The number of para-hydroxylation sites is 1. The number of hydrogen-bond acceptors (Lipinski definition) is 5. The van der Waals surface area contributed by atoms with Gasteiger partial charge in [-0.2, -0.15) is 4.98 Å². The molecule has 0 bridgehead atoms. The number of nitrogen functional groups attached to an aromatic ring is 1. The predicted molar refractivity (Wildman–Crippen MR) is 70.1 cm³/mol. The maximum Gasteiger partial charge on any atom is 0.246 e. The molecule has 19 heavy (non-hydrogen) atoms. The molecule has 0 saturated carbocycles. The number of nitrogens with two attached hydrogens (primary N) is 1. The third kappa shape index (κ3) is 3.80. The fourth-order valence-corrected chi connectivity index (χ4v) is 1.68. The summed E-state index contributed by atoms with van der Waals surface area (Å²) in [6.07, 6.45) is 0.989. The van der Waals surface area contributed by atoms with Gasteiger partial charge in [0.25, 0.3) is 0 Å². The average Bonchev–Trinajstić information content (AvgIpc) is 2.81. The van der Waals surface area contributed by atoms with Crippen molar-refractivity contribution in [2.45, 2.75) is 26.3 Å². The van der Waals surface area contributed by atoms with Gasteiger partial charge < -0.3 is 15.6 Å². The summed E-state index contributed by atoms with van der Waals surface area (Å²) in [6, 6.07) is 7.53. The molecule has 0 aliphatic rings. The summed E-state index contributed by atoms with van der Waals surface area (Å²) in [5, 5.41) is 6.37. The molecule has 2 aromatic rings. The molecular weight excluding hydrogens is 244 g/mol. The summed E-state index contributed by atoms with van der Waals surface area (Å²) in [7, 11) is 0. The molecule has 100 valence electrons. The highest BCUT2D eigenvalue weighted by molar-refractivity contribution is 5.76. The van der Waals surface area contributed by atoms with Crippen LogP contribution in [-0.4, -0.2) is 16.0 Å². The van der Waals surface area contributed by atoms with Crippen LogP contribution in [0.4, 0.5) is 5.69 Å². The smallest absolute Gasteiger partial charge is 0.246 e. The van der Waals surface area contributed by atoms with Crippen LogP contribution in [0, 0.1) is 6.92 Å². The van der Waals surface area contributed by atoms with Crippen molar-refractivity contribution >= 4 is 11.6 Å². The molecule has 1 amide bonds. The largest absolute Gasteiger partial charge is 0.399 e. The lowest BCUT2D eigenvalue weighted by molar-refractivity contribution is -0.121. The lowest BCUT2D eigenvalue weighted by Gasteiger charge is -2.05. The lowest BCUT2D eigenvalue weighted by atomic mass is 10.1. The SMILES string of the molecule is Cc1noc(CNC(=O)CCc2ccccc2N)n1. The van der Waals surface area contributed by atoms with E-state index in [1.165, 1.54) is 0 Å². The minimum Gasteiger partial charge on any atom is -0.399 e. The topological polar surface area (TPSA) is 94.0 Å². The van der Waals surface area contributed by atoms with Crippen molar-refractivity contribution in [1.82, 2.24) is 15.5 Å². The molecule has 0 saturated heterocycles. The van der Waals surface area contributed by atoms with Crippen molar-refractivity contribution in [3.63, 3.8) is 0 Å². The van der Waals surface area contributed by atoms with Gasteiger partial charge in [0.15, 0.2) is 5.82 Å². The second kappa shape index (κ2) is 5.99. The summed E-state index contributed by atoms with van der Waals surface area (Å²) in [5.74, 6) is 0.894. The van der Waals surface area contributed by atoms with E-state index in [2.05, 4.69) is 15.5 Å². The molecule has 6 heteroatoms. The number of aromatic nitrogens is 2. The maximum absolute atomic E-state index is 11.7. The highest BCUT2D eigenvalue weighted by atomic mass is 16.5. The number of hydrogen-bond donors (Lipinski definition) is 2. The van der Waals surface area contributed by atoms with Crippen molar-refractivity contribution in [3.8, 4) is 0 Å². The zero-order valence-corrected chi connectivity index (χ0v) is 10.7. The van der Waals surface area contributed by atoms with E-state index in [4.69, 9.17) is 10.3 Å². The Morgan fingerprint density at radius 2 is 2.21 bits per heavy atom. The second-order valence-corrected chi connectivity index (χ2v) is 4.21. The van der Waals surface area contributed by atoms with E-state index in [0.29, 0.717) is 30.2 Å². The minimum absolute atomic E-state index is 0.0703. The third-order valence-corrected chi connectivity index (χ3v) is 2.68. The van der Waals surface area contributed by atoms with Gasteiger partial charge in [-0.3, -0.25) is 4.79 Å². The van der Waals surface area contributed by atoms with E-state index in [0.717, 1.165) is 5.56 Å². The van der Waals surface area contributed by atoms with Gasteiger partial charge in [0, 0.05) is 12.1 Å². The number of benzene rings is 1. The van der Waals surface area contributed by atoms with E-state index in [1.807, 2.05) is 24.3 Å². The quantitative estimate of drug-likeness (QED) is 0.788. The molecule has 3 N–H and O–H groups in total. The molecule has 0 aliphatic carbocycles. The number of amides is 1. The molecule has 0 atom stereocenters. The number of nitrogens with zero attached hydrogens (tertiary/aromatic N) is 2. The highest BCUT2D eigenvalue weighted by Crippen LogP contribution is 2.12. The van der Waals surface area contributed by atoms with Crippen LogP contribution in [0.15, 0.2) is 28.8 Å². The van der Waals surface area contributed by atoms with Crippen LogP contribution in [0.5, 0.6) is 0 Å². The van der Waals surface area contributed by atoms with Crippen molar-refractivity contribution in [2.75, 3.05) is 5.73 Å². The van der Waals surface area contributed by atoms with E-state index in [1.54, 1.807) is 6.92 Å². The number of carbonyl (C=O) groups is 1. The number of aryl methyl sites for hydroxylation is 2. The normalized spacial score (nSPS) is 10.4. The van der Waals surface area contributed by atoms with Crippen LogP contribution < -0.4 is 11.1 Å². The van der Waals surface area contributed by atoms with Gasteiger partial charge in [-0.25, -0.2) is 0 Å². The molecule has 1 heterocycles. The van der Waals surface area contributed by atoms with E-state index in [-0.39, 0.29) is 12.5 Å². The fraction of sp³-hybridized carbons (Fsp3) is 0.308. The average molecular weight is 260 g/mol. The van der Waals surface area contributed by atoms with E-state index >= 15 is 0 Å². The van der Waals surface area contributed by atoms with Gasteiger partial charge >= 0.3 is 0 Å². The number of nitrogens with one attached hydrogen (secondary N) is 1. The van der Waals surface area contributed by atoms with Crippen LogP contribution in [0.1, 0.15) is 23.7 Å². The summed E-state index contributed by atoms with van der Waals surface area (Å²) in [6.45, 7) is 1.98. The molecule has 6 nitrogen and oxygen atoms in total. The Kier molecular flexibility index (Phi) is 4.12. The first-order chi connectivity index (χ1) is 9.15. The fourth-order valence-electron chi connectivity index (χ4n) is 1.68. The van der Waals surface area contributed by atoms with Crippen molar-refractivity contribution in [1.29, 1.82) is 0 Å². The Bertz CT molecular complexity index is 565.